The zero-order valence-electron chi connectivity index (χ0n) is 11.4. The van der Waals surface area contributed by atoms with Crippen LogP contribution >= 0.6 is 0 Å². The van der Waals surface area contributed by atoms with Crippen LogP contribution in [0.15, 0.2) is 48.7 Å². The van der Waals surface area contributed by atoms with Crippen LogP contribution in [0.3, 0.4) is 0 Å². The number of hydrazine groups is 1. The molecule has 0 spiro atoms. The summed E-state index contributed by atoms with van der Waals surface area (Å²) in [5, 5.41) is 2.83. The molecule has 1 heterocycles. The van der Waals surface area contributed by atoms with Gasteiger partial charge in [0.15, 0.2) is 0 Å². The van der Waals surface area contributed by atoms with Crippen LogP contribution in [0, 0.1) is 0 Å². The van der Waals surface area contributed by atoms with Crippen molar-refractivity contribution >= 4 is 17.3 Å². The molecule has 0 bridgehead atoms. The van der Waals surface area contributed by atoms with Gasteiger partial charge in [-0.15, -0.1) is 0 Å². The fourth-order valence-corrected chi connectivity index (χ4v) is 2.48. The number of hydrogen-bond acceptors (Lipinski definition) is 4. The molecule has 0 aromatic heterocycles. The van der Waals surface area contributed by atoms with Crippen molar-refractivity contribution in [3.05, 3.63) is 59.8 Å². The molecule has 0 saturated carbocycles. The number of carbonyl (C=O) groups is 1. The molecule has 1 amide bonds. The minimum absolute atomic E-state index is 0.0456. The van der Waals surface area contributed by atoms with Crippen LogP contribution < -0.4 is 22.3 Å². The van der Waals surface area contributed by atoms with E-state index in [-0.39, 0.29) is 5.91 Å². The predicted molar refractivity (Wildman–Crippen MR) is 83.7 cm³/mol. The zero-order chi connectivity index (χ0) is 14.8. The average Bonchev–Trinajstić information content (AvgIpc) is 2.88. The first-order valence-corrected chi connectivity index (χ1v) is 6.63. The summed E-state index contributed by atoms with van der Waals surface area (Å²) in [7, 11) is 0. The SMILES string of the molecule is N/C=C(\NN)c1ccc(-c2ccc3c(c2)CC(=O)N3)cc1. The summed E-state index contributed by atoms with van der Waals surface area (Å²) in [5.41, 5.74) is 13.7. The van der Waals surface area contributed by atoms with Crippen molar-refractivity contribution in [3.63, 3.8) is 0 Å². The van der Waals surface area contributed by atoms with E-state index in [1.54, 1.807) is 0 Å². The molecule has 0 fully saturated rings. The van der Waals surface area contributed by atoms with Crippen LogP contribution in [0.25, 0.3) is 16.8 Å². The second-order valence-corrected chi connectivity index (χ2v) is 4.90. The van der Waals surface area contributed by atoms with Gasteiger partial charge < -0.3 is 16.5 Å². The molecule has 106 valence electrons. The molecule has 6 N–H and O–H groups in total. The predicted octanol–water partition coefficient (Wildman–Crippen LogP) is 1.57. The van der Waals surface area contributed by atoms with E-state index in [1.165, 1.54) is 6.20 Å². The minimum atomic E-state index is 0.0456. The highest BCUT2D eigenvalue weighted by molar-refractivity contribution is 5.99. The lowest BCUT2D eigenvalue weighted by molar-refractivity contribution is -0.115. The van der Waals surface area contributed by atoms with Crippen molar-refractivity contribution in [1.82, 2.24) is 5.43 Å². The number of rotatable bonds is 3. The Morgan fingerprint density at radius 2 is 1.86 bits per heavy atom. The van der Waals surface area contributed by atoms with Crippen molar-refractivity contribution in [2.75, 3.05) is 5.32 Å². The van der Waals surface area contributed by atoms with E-state index in [0.717, 1.165) is 27.9 Å². The molecule has 1 aliphatic rings. The second-order valence-electron chi connectivity index (χ2n) is 4.90. The van der Waals surface area contributed by atoms with Gasteiger partial charge in [0.2, 0.25) is 5.91 Å². The number of amides is 1. The van der Waals surface area contributed by atoms with E-state index in [9.17, 15) is 4.79 Å². The molecule has 1 aliphatic heterocycles. The summed E-state index contributed by atoms with van der Waals surface area (Å²) in [6.45, 7) is 0. The van der Waals surface area contributed by atoms with Crippen molar-refractivity contribution in [1.29, 1.82) is 0 Å². The maximum atomic E-state index is 11.4. The number of fused-ring (bicyclic) bond motifs is 1. The van der Waals surface area contributed by atoms with E-state index in [1.807, 2.05) is 42.5 Å². The summed E-state index contributed by atoms with van der Waals surface area (Å²) in [6.07, 6.45) is 1.88. The molecular weight excluding hydrogens is 264 g/mol. The van der Waals surface area contributed by atoms with Gasteiger partial charge in [-0.3, -0.25) is 10.6 Å². The number of benzene rings is 2. The van der Waals surface area contributed by atoms with Crippen LogP contribution in [0.1, 0.15) is 11.1 Å². The van der Waals surface area contributed by atoms with Gasteiger partial charge in [-0.05, 0) is 28.8 Å². The zero-order valence-corrected chi connectivity index (χ0v) is 11.4. The third-order valence-corrected chi connectivity index (χ3v) is 3.58. The molecule has 0 atom stereocenters. The van der Waals surface area contributed by atoms with E-state index < -0.39 is 0 Å². The fraction of sp³-hybridized carbons (Fsp3) is 0.0625. The lowest BCUT2D eigenvalue weighted by Crippen LogP contribution is -2.20. The second kappa shape index (κ2) is 5.30. The third-order valence-electron chi connectivity index (χ3n) is 3.58. The molecule has 5 nitrogen and oxygen atoms in total. The van der Waals surface area contributed by atoms with E-state index in [2.05, 4.69) is 10.7 Å². The van der Waals surface area contributed by atoms with Crippen molar-refractivity contribution in [2.45, 2.75) is 6.42 Å². The summed E-state index contributed by atoms with van der Waals surface area (Å²) < 4.78 is 0. The molecule has 2 aromatic rings. The first-order chi connectivity index (χ1) is 10.2. The van der Waals surface area contributed by atoms with E-state index >= 15 is 0 Å². The lowest BCUT2D eigenvalue weighted by atomic mass is 10.00. The first kappa shape index (κ1) is 13.2. The lowest BCUT2D eigenvalue weighted by Gasteiger charge is -2.08. The standard InChI is InChI=1S/C16H16N4O/c17-9-15(20-18)11-3-1-10(2-4-11)12-5-6-14-13(7-12)8-16(21)19-14/h1-7,9,20H,8,17-18H2,(H,19,21)/b15-9-. The maximum absolute atomic E-state index is 11.4. The molecule has 0 saturated heterocycles. The number of hydrogen-bond donors (Lipinski definition) is 4. The van der Waals surface area contributed by atoms with Crippen LogP contribution in [-0.4, -0.2) is 5.91 Å². The first-order valence-electron chi connectivity index (χ1n) is 6.63. The molecule has 5 heteroatoms. The Morgan fingerprint density at radius 1 is 1.14 bits per heavy atom. The fourth-order valence-electron chi connectivity index (χ4n) is 2.48. The van der Waals surface area contributed by atoms with Gasteiger partial charge in [0.1, 0.15) is 0 Å². The Hall–Kier alpha value is -2.79. The Labute approximate surface area is 122 Å². The number of carbonyl (C=O) groups excluding carboxylic acids is 1. The molecule has 3 rings (SSSR count). The van der Waals surface area contributed by atoms with Gasteiger partial charge in [-0.25, -0.2) is 0 Å². The Balaban J connectivity index is 1.92. The normalized spacial score (nSPS) is 13.8. The summed E-state index contributed by atoms with van der Waals surface area (Å²) in [5.74, 6) is 5.45. The third kappa shape index (κ3) is 2.46. The maximum Gasteiger partial charge on any atom is 0.228 e. The van der Waals surface area contributed by atoms with Crippen LogP contribution in [-0.2, 0) is 11.2 Å². The van der Waals surface area contributed by atoms with Crippen molar-refractivity contribution in [3.8, 4) is 11.1 Å². The highest BCUT2D eigenvalue weighted by Crippen LogP contribution is 2.29. The molecule has 0 aliphatic carbocycles. The quantitative estimate of drug-likeness (QED) is 0.507. The summed E-state index contributed by atoms with van der Waals surface area (Å²) >= 11 is 0. The average molecular weight is 280 g/mol. The number of nitrogens with two attached hydrogens (primary N) is 2. The molecule has 0 radical (unpaired) electrons. The molecular formula is C16H16N4O. The van der Waals surface area contributed by atoms with Gasteiger partial charge in [0, 0.05) is 17.5 Å². The molecule has 21 heavy (non-hydrogen) atoms. The summed E-state index contributed by atoms with van der Waals surface area (Å²) in [4.78, 5) is 11.4. The van der Waals surface area contributed by atoms with Gasteiger partial charge in [0.05, 0.1) is 12.1 Å². The van der Waals surface area contributed by atoms with Crippen LogP contribution in [0.2, 0.25) is 0 Å². The summed E-state index contributed by atoms with van der Waals surface area (Å²) in [6, 6.07) is 13.9. The van der Waals surface area contributed by atoms with Crippen LogP contribution in [0.4, 0.5) is 5.69 Å². The highest BCUT2D eigenvalue weighted by atomic mass is 16.1. The number of nitrogens with one attached hydrogen (secondary N) is 2. The molecule has 2 aromatic carbocycles. The minimum Gasteiger partial charge on any atom is -0.403 e. The van der Waals surface area contributed by atoms with Gasteiger partial charge in [-0.1, -0.05) is 30.3 Å². The van der Waals surface area contributed by atoms with Gasteiger partial charge in [0.25, 0.3) is 0 Å². The van der Waals surface area contributed by atoms with Gasteiger partial charge in [-0.2, -0.15) is 0 Å². The van der Waals surface area contributed by atoms with Gasteiger partial charge >= 0.3 is 0 Å². The van der Waals surface area contributed by atoms with E-state index in [0.29, 0.717) is 12.1 Å². The highest BCUT2D eigenvalue weighted by Gasteiger charge is 2.17. The van der Waals surface area contributed by atoms with Crippen molar-refractivity contribution < 1.29 is 4.79 Å². The van der Waals surface area contributed by atoms with Crippen molar-refractivity contribution in [2.24, 2.45) is 11.6 Å². The Kier molecular flexibility index (Phi) is 3.33. The monoisotopic (exact) mass is 280 g/mol. The Morgan fingerprint density at radius 3 is 2.52 bits per heavy atom. The van der Waals surface area contributed by atoms with E-state index in [4.69, 9.17) is 11.6 Å². The number of anilines is 1. The smallest absolute Gasteiger partial charge is 0.228 e. The Bertz CT molecular complexity index is 720. The molecule has 0 unspecified atom stereocenters. The van der Waals surface area contributed by atoms with Crippen LogP contribution in [0.5, 0.6) is 0 Å². The topological polar surface area (TPSA) is 93.2 Å². The largest absolute Gasteiger partial charge is 0.403 e.